The molecule has 0 spiro atoms. The van der Waals surface area contributed by atoms with Crippen molar-refractivity contribution >= 4 is 40.1 Å². The van der Waals surface area contributed by atoms with Gasteiger partial charge in [0.25, 0.3) is 5.89 Å². The second-order valence-electron chi connectivity index (χ2n) is 6.55. The first-order valence-corrected chi connectivity index (χ1v) is 12.1. The fraction of sp³-hybridized carbons (Fsp3) is 0.0455. The number of anilines is 1. The minimum atomic E-state index is 0.303. The van der Waals surface area contributed by atoms with E-state index < -0.39 is 0 Å². The van der Waals surface area contributed by atoms with Crippen LogP contribution in [0.15, 0.2) is 69.3 Å². The van der Waals surface area contributed by atoms with E-state index in [1.165, 1.54) is 34.4 Å². The monoisotopic (exact) mass is 474 g/mol. The maximum atomic E-state index is 9.66. The van der Waals surface area contributed by atoms with Crippen molar-refractivity contribution in [3.63, 3.8) is 0 Å². The fourth-order valence-corrected chi connectivity index (χ4v) is 6.09. The number of nitriles is 1. The molecule has 10 heteroatoms. The zero-order valence-corrected chi connectivity index (χ0v) is 18.9. The topological polar surface area (TPSA) is 115 Å². The number of nitrogens with zero attached hydrogens (tertiary/aromatic N) is 5. The first-order valence-electron chi connectivity index (χ1n) is 9.45. The average Bonchev–Trinajstić information content (AvgIpc) is 3.58. The van der Waals surface area contributed by atoms with Crippen LogP contribution in [0.25, 0.3) is 32.8 Å². The number of hydrogen-bond donors (Lipinski definition) is 1. The van der Waals surface area contributed by atoms with Crippen LogP contribution in [-0.2, 0) is 5.75 Å². The number of nitrogens with two attached hydrogens (primary N) is 1. The Bertz CT molecular complexity index is 1400. The molecular weight excluding hydrogens is 460 g/mol. The number of benzene rings is 2. The van der Waals surface area contributed by atoms with Gasteiger partial charge in [-0.05, 0) is 12.1 Å². The van der Waals surface area contributed by atoms with Crippen molar-refractivity contribution in [3.8, 4) is 38.9 Å². The molecule has 0 saturated carbocycles. The highest BCUT2D eigenvalue weighted by Gasteiger charge is 2.22. The summed E-state index contributed by atoms with van der Waals surface area (Å²) in [4.78, 5) is 0.598. The molecule has 3 aromatic heterocycles. The van der Waals surface area contributed by atoms with Crippen molar-refractivity contribution in [3.05, 3.63) is 71.2 Å². The number of thiophene rings is 1. The lowest BCUT2D eigenvalue weighted by Crippen LogP contribution is -1.89. The molecule has 7 nitrogen and oxygen atoms in total. The number of nitrogen functional groups attached to an aromatic ring is 1. The minimum absolute atomic E-state index is 0.303. The molecule has 5 rings (SSSR count). The number of rotatable bonds is 6. The smallest absolute Gasteiger partial charge is 0.260 e. The normalized spacial score (nSPS) is 10.8. The third-order valence-corrected chi connectivity index (χ3v) is 8.11. The van der Waals surface area contributed by atoms with E-state index in [4.69, 9.17) is 10.2 Å². The van der Waals surface area contributed by atoms with Gasteiger partial charge in [-0.2, -0.15) is 5.26 Å². The quantitative estimate of drug-likeness (QED) is 0.310. The second-order valence-corrected chi connectivity index (χ2v) is 9.88. The SMILES string of the molecule is N#Cc1c(SCc2nnc(-c3ccccc3)s2)sc(-c2nnc(-c3ccccc3)o2)c1N. The lowest BCUT2D eigenvalue weighted by atomic mass is 10.2. The minimum Gasteiger partial charge on any atom is -0.415 e. The molecule has 5 aromatic rings. The number of thioether (sulfide) groups is 1. The Balaban J connectivity index is 1.37. The molecule has 0 fully saturated rings. The Hall–Kier alpha value is -3.52. The third kappa shape index (κ3) is 4.01. The molecule has 3 heterocycles. The van der Waals surface area contributed by atoms with Crippen molar-refractivity contribution in [2.45, 2.75) is 9.96 Å². The lowest BCUT2D eigenvalue weighted by molar-refractivity contribution is 0.586. The molecule has 0 radical (unpaired) electrons. The molecule has 0 amide bonds. The molecule has 0 aliphatic heterocycles. The van der Waals surface area contributed by atoms with Gasteiger partial charge in [-0.15, -0.1) is 43.5 Å². The van der Waals surface area contributed by atoms with Gasteiger partial charge in [-0.3, -0.25) is 0 Å². The summed E-state index contributed by atoms with van der Waals surface area (Å²) >= 11 is 4.40. The Morgan fingerprint density at radius 1 is 0.875 bits per heavy atom. The fourth-order valence-electron chi connectivity index (χ4n) is 2.94. The molecule has 0 aliphatic rings. The molecule has 2 aromatic carbocycles. The van der Waals surface area contributed by atoms with Crippen LogP contribution in [0, 0.1) is 11.3 Å². The first kappa shape index (κ1) is 20.4. The molecule has 0 unspecified atom stereocenters. The third-order valence-electron chi connectivity index (χ3n) is 4.48. The molecule has 0 saturated heterocycles. The van der Waals surface area contributed by atoms with Gasteiger partial charge in [0.05, 0.1) is 15.6 Å². The van der Waals surface area contributed by atoms with Gasteiger partial charge < -0.3 is 10.2 Å². The zero-order chi connectivity index (χ0) is 21.9. The summed E-state index contributed by atoms with van der Waals surface area (Å²) in [5.74, 6) is 1.29. The van der Waals surface area contributed by atoms with Crippen LogP contribution >= 0.6 is 34.4 Å². The van der Waals surface area contributed by atoms with Gasteiger partial charge in [0.1, 0.15) is 26.5 Å². The van der Waals surface area contributed by atoms with Gasteiger partial charge in [-0.1, -0.05) is 59.9 Å². The van der Waals surface area contributed by atoms with Gasteiger partial charge in [0, 0.05) is 11.1 Å². The van der Waals surface area contributed by atoms with Crippen LogP contribution in [-0.4, -0.2) is 20.4 Å². The largest absolute Gasteiger partial charge is 0.415 e. The van der Waals surface area contributed by atoms with E-state index in [1.54, 1.807) is 0 Å². The summed E-state index contributed by atoms with van der Waals surface area (Å²) in [6, 6.07) is 21.6. The highest BCUT2D eigenvalue weighted by molar-refractivity contribution is 8.00. The summed E-state index contributed by atoms with van der Waals surface area (Å²) in [5.41, 5.74) is 8.89. The van der Waals surface area contributed by atoms with Crippen LogP contribution in [0.1, 0.15) is 10.6 Å². The van der Waals surface area contributed by atoms with Crippen molar-refractivity contribution < 1.29 is 4.42 Å². The predicted molar refractivity (Wildman–Crippen MR) is 127 cm³/mol. The summed E-state index contributed by atoms with van der Waals surface area (Å²) in [7, 11) is 0. The van der Waals surface area contributed by atoms with E-state index in [0.29, 0.717) is 33.7 Å². The molecule has 156 valence electrons. The van der Waals surface area contributed by atoms with E-state index >= 15 is 0 Å². The standard InChI is InChI=1S/C22H14N6OS3/c23-11-15-17(24)18(20-27-26-19(29-20)13-7-3-1-4-8-13)32-22(15)30-12-16-25-28-21(31-16)14-9-5-2-6-10-14/h1-10H,12,24H2. The van der Waals surface area contributed by atoms with Crippen molar-refractivity contribution in [1.82, 2.24) is 20.4 Å². The van der Waals surface area contributed by atoms with Crippen LogP contribution in [0.4, 0.5) is 5.69 Å². The van der Waals surface area contributed by atoms with Crippen molar-refractivity contribution in [2.24, 2.45) is 0 Å². The second kappa shape index (κ2) is 8.92. The van der Waals surface area contributed by atoms with E-state index in [0.717, 1.165) is 25.4 Å². The van der Waals surface area contributed by atoms with Gasteiger partial charge in [-0.25, -0.2) is 0 Å². The number of hydrogen-bond acceptors (Lipinski definition) is 10. The van der Waals surface area contributed by atoms with E-state index in [-0.39, 0.29) is 0 Å². The number of aromatic nitrogens is 4. The van der Waals surface area contributed by atoms with Crippen LogP contribution in [0.3, 0.4) is 0 Å². The van der Waals surface area contributed by atoms with Crippen molar-refractivity contribution in [1.29, 1.82) is 5.26 Å². The van der Waals surface area contributed by atoms with E-state index in [1.807, 2.05) is 60.7 Å². The highest BCUT2D eigenvalue weighted by Crippen LogP contribution is 2.44. The Kier molecular flexibility index (Phi) is 5.68. The first-order chi connectivity index (χ1) is 15.7. The lowest BCUT2D eigenvalue weighted by Gasteiger charge is -1.95. The van der Waals surface area contributed by atoms with Crippen LogP contribution in [0.5, 0.6) is 0 Å². The van der Waals surface area contributed by atoms with Crippen molar-refractivity contribution in [2.75, 3.05) is 5.73 Å². The highest BCUT2D eigenvalue weighted by atomic mass is 32.2. The summed E-state index contributed by atoms with van der Waals surface area (Å²) in [6.07, 6.45) is 0. The van der Waals surface area contributed by atoms with Crippen LogP contribution < -0.4 is 5.73 Å². The molecular formula is C22H14N6OS3. The molecule has 0 atom stereocenters. The van der Waals surface area contributed by atoms with E-state index in [9.17, 15) is 5.26 Å². The Morgan fingerprint density at radius 3 is 2.28 bits per heavy atom. The average molecular weight is 475 g/mol. The maximum Gasteiger partial charge on any atom is 0.260 e. The molecule has 32 heavy (non-hydrogen) atoms. The molecule has 2 N–H and O–H groups in total. The Morgan fingerprint density at radius 2 is 1.56 bits per heavy atom. The van der Waals surface area contributed by atoms with Gasteiger partial charge in [0.15, 0.2) is 0 Å². The summed E-state index contributed by atoms with van der Waals surface area (Å²) in [5, 5.41) is 28.2. The zero-order valence-electron chi connectivity index (χ0n) is 16.4. The Labute approximate surface area is 195 Å². The van der Waals surface area contributed by atoms with Gasteiger partial charge in [0.2, 0.25) is 5.89 Å². The van der Waals surface area contributed by atoms with Crippen LogP contribution in [0.2, 0.25) is 0 Å². The van der Waals surface area contributed by atoms with Gasteiger partial charge >= 0.3 is 0 Å². The predicted octanol–water partition coefficient (Wildman–Crippen LogP) is 5.73. The maximum absolute atomic E-state index is 9.66. The molecule has 0 bridgehead atoms. The summed E-state index contributed by atoms with van der Waals surface area (Å²) in [6.45, 7) is 0. The summed E-state index contributed by atoms with van der Waals surface area (Å²) < 4.78 is 6.62. The van der Waals surface area contributed by atoms with E-state index in [2.05, 4.69) is 26.5 Å². The molecule has 0 aliphatic carbocycles.